The van der Waals surface area contributed by atoms with Crippen LogP contribution in [-0.2, 0) is 0 Å². The number of likely N-dealkylation sites (tertiary alicyclic amines) is 1. The Morgan fingerprint density at radius 3 is 2.83 bits per heavy atom. The zero-order valence-electron chi connectivity index (χ0n) is 10.8. The van der Waals surface area contributed by atoms with Crippen molar-refractivity contribution >= 4 is 5.91 Å². The van der Waals surface area contributed by atoms with E-state index in [0.717, 1.165) is 12.0 Å². The third-order valence-corrected chi connectivity index (χ3v) is 3.61. The molecule has 0 saturated carbocycles. The molecule has 1 aromatic rings. The Morgan fingerprint density at radius 1 is 1.56 bits per heavy atom. The quantitative estimate of drug-likeness (QED) is 0.872. The number of benzene rings is 1. The molecular weight excluding hydrogens is 231 g/mol. The van der Waals surface area contributed by atoms with Crippen LogP contribution in [0, 0.1) is 18.7 Å². The molecule has 1 aromatic carbocycles. The first-order chi connectivity index (χ1) is 8.49. The molecule has 2 atom stereocenters. The Hall–Kier alpha value is -1.42. The Balaban J connectivity index is 2.13. The Bertz CT molecular complexity index is 459. The maximum Gasteiger partial charge on any atom is 0.256 e. The molecule has 0 spiro atoms. The van der Waals surface area contributed by atoms with Gasteiger partial charge >= 0.3 is 0 Å². The first-order valence-electron chi connectivity index (χ1n) is 6.30. The van der Waals surface area contributed by atoms with Crippen LogP contribution in [0.4, 0.5) is 4.39 Å². The van der Waals surface area contributed by atoms with Crippen molar-refractivity contribution in [1.82, 2.24) is 4.90 Å². The molecule has 1 fully saturated rings. The number of aryl methyl sites for hydroxylation is 1. The Morgan fingerprint density at radius 2 is 2.28 bits per heavy atom. The highest BCUT2D eigenvalue weighted by atomic mass is 19.1. The van der Waals surface area contributed by atoms with Gasteiger partial charge in [0.2, 0.25) is 0 Å². The highest BCUT2D eigenvalue weighted by Crippen LogP contribution is 2.22. The molecule has 2 rings (SSSR count). The average Bonchev–Trinajstić information content (AvgIpc) is 2.77. The number of carbonyl (C=O) groups is 1. The van der Waals surface area contributed by atoms with Gasteiger partial charge in [0, 0.05) is 19.1 Å². The summed E-state index contributed by atoms with van der Waals surface area (Å²) in [6, 6.07) is 4.79. The van der Waals surface area contributed by atoms with Crippen LogP contribution >= 0.6 is 0 Å². The van der Waals surface area contributed by atoms with E-state index in [4.69, 9.17) is 5.73 Å². The second-order valence-corrected chi connectivity index (χ2v) is 5.14. The van der Waals surface area contributed by atoms with Crippen molar-refractivity contribution in [2.75, 3.05) is 13.1 Å². The fourth-order valence-corrected chi connectivity index (χ4v) is 2.36. The van der Waals surface area contributed by atoms with Gasteiger partial charge in [-0.1, -0.05) is 6.07 Å². The third kappa shape index (κ3) is 2.53. The number of amides is 1. The van der Waals surface area contributed by atoms with Crippen LogP contribution in [0.1, 0.15) is 29.3 Å². The molecule has 2 N–H and O–H groups in total. The Labute approximate surface area is 107 Å². The normalized spacial score (nSPS) is 21.1. The maximum atomic E-state index is 13.7. The first-order valence-corrected chi connectivity index (χ1v) is 6.30. The van der Waals surface area contributed by atoms with Crippen LogP contribution in [0.15, 0.2) is 18.2 Å². The zero-order chi connectivity index (χ0) is 13.3. The molecule has 1 amide bonds. The number of hydrogen-bond acceptors (Lipinski definition) is 2. The second-order valence-electron chi connectivity index (χ2n) is 5.14. The van der Waals surface area contributed by atoms with Crippen LogP contribution in [0.25, 0.3) is 0 Å². The van der Waals surface area contributed by atoms with Crippen molar-refractivity contribution in [1.29, 1.82) is 0 Å². The number of halogens is 1. The van der Waals surface area contributed by atoms with E-state index >= 15 is 0 Å². The van der Waals surface area contributed by atoms with Gasteiger partial charge in [0.25, 0.3) is 5.91 Å². The third-order valence-electron chi connectivity index (χ3n) is 3.61. The average molecular weight is 250 g/mol. The number of rotatable bonds is 2. The van der Waals surface area contributed by atoms with Crippen molar-refractivity contribution in [3.63, 3.8) is 0 Å². The fraction of sp³-hybridized carbons (Fsp3) is 0.500. The van der Waals surface area contributed by atoms with Gasteiger partial charge < -0.3 is 10.6 Å². The van der Waals surface area contributed by atoms with Gasteiger partial charge in [-0.05, 0) is 43.9 Å². The molecule has 1 saturated heterocycles. The summed E-state index contributed by atoms with van der Waals surface area (Å²) >= 11 is 0. The van der Waals surface area contributed by atoms with E-state index in [0.29, 0.717) is 19.0 Å². The van der Waals surface area contributed by atoms with E-state index < -0.39 is 5.82 Å². The van der Waals surface area contributed by atoms with E-state index in [9.17, 15) is 9.18 Å². The van der Waals surface area contributed by atoms with Gasteiger partial charge in [0.1, 0.15) is 5.82 Å². The van der Waals surface area contributed by atoms with Crippen LogP contribution in [-0.4, -0.2) is 29.9 Å². The second kappa shape index (κ2) is 5.06. The van der Waals surface area contributed by atoms with E-state index in [1.165, 1.54) is 6.07 Å². The number of nitrogens with two attached hydrogens (primary N) is 1. The summed E-state index contributed by atoms with van der Waals surface area (Å²) in [4.78, 5) is 13.9. The lowest BCUT2D eigenvalue weighted by Gasteiger charge is -2.18. The van der Waals surface area contributed by atoms with Crippen molar-refractivity contribution in [3.05, 3.63) is 35.1 Å². The van der Waals surface area contributed by atoms with Crippen molar-refractivity contribution in [3.8, 4) is 0 Å². The summed E-state index contributed by atoms with van der Waals surface area (Å²) in [5, 5.41) is 0. The summed E-state index contributed by atoms with van der Waals surface area (Å²) in [6.07, 6.45) is 0.900. The predicted molar refractivity (Wildman–Crippen MR) is 68.8 cm³/mol. The van der Waals surface area contributed by atoms with E-state index in [1.807, 2.05) is 6.92 Å². The van der Waals surface area contributed by atoms with Gasteiger partial charge in [0.15, 0.2) is 0 Å². The van der Waals surface area contributed by atoms with Gasteiger partial charge in [-0.2, -0.15) is 0 Å². The molecule has 98 valence electrons. The zero-order valence-corrected chi connectivity index (χ0v) is 10.8. The van der Waals surface area contributed by atoms with E-state index in [1.54, 1.807) is 24.0 Å². The number of nitrogens with zero attached hydrogens (tertiary/aromatic N) is 1. The highest BCUT2D eigenvalue weighted by molar-refractivity contribution is 5.94. The highest BCUT2D eigenvalue weighted by Gasteiger charge is 2.29. The lowest BCUT2D eigenvalue weighted by atomic mass is 10.0. The lowest BCUT2D eigenvalue weighted by Crippen LogP contribution is -2.33. The van der Waals surface area contributed by atoms with E-state index in [2.05, 4.69) is 0 Å². The van der Waals surface area contributed by atoms with Crippen molar-refractivity contribution in [2.45, 2.75) is 26.3 Å². The standard InChI is InChI=1S/C14H19FN2O/c1-9-3-4-12(13(15)7-9)14(18)17-6-5-11(8-17)10(2)16/h3-4,7,10-11H,5-6,8,16H2,1-2H3. The number of carbonyl (C=O) groups excluding carboxylic acids is 1. The van der Waals surface area contributed by atoms with Crippen molar-refractivity contribution < 1.29 is 9.18 Å². The van der Waals surface area contributed by atoms with Crippen LogP contribution in [0.3, 0.4) is 0 Å². The Kier molecular flexibility index (Phi) is 3.66. The SMILES string of the molecule is Cc1ccc(C(=O)N2CCC(C(C)N)C2)c(F)c1. The number of hydrogen-bond donors (Lipinski definition) is 1. The minimum Gasteiger partial charge on any atom is -0.338 e. The minimum absolute atomic E-state index is 0.0747. The monoisotopic (exact) mass is 250 g/mol. The van der Waals surface area contributed by atoms with Gasteiger partial charge in [-0.3, -0.25) is 4.79 Å². The molecule has 0 radical (unpaired) electrons. The molecule has 1 heterocycles. The molecule has 4 heteroatoms. The van der Waals surface area contributed by atoms with Crippen LogP contribution < -0.4 is 5.73 Å². The van der Waals surface area contributed by atoms with Crippen LogP contribution in [0.5, 0.6) is 0 Å². The summed E-state index contributed by atoms with van der Waals surface area (Å²) in [5.41, 5.74) is 6.81. The summed E-state index contributed by atoms with van der Waals surface area (Å²) in [7, 11) is 0. The lowest BCUT2D eigenvalue weighted by molar-refractivity contribution is 0.0781. The van der Waals surface area contributed by atoms with E-state index in [-0.39, 0.29) is 17.5 Å². The summed E-state index contributed by atoms with van der Waals surface area (Å²) in [5.74, 6) is -0.345. The topological polar surface area (TPSA) is 46.3 Å². The largest absolute Gasteiger partial charge is 0.338 e. The molecule has 0 bridgehead atoms. The molecule has 1 aliphatic rings. The molecule has 0 aromatic heterocycles. The molecule has 3 nitrogen and oxygen atoms in total. The van der Waals surface area contributed by atoms with Gasteiger partial charge in [0.05, 0.1) is 5.56 Å². The summed E-state index contributed by atoms with van der Waals surface area (Å²) < 4.78 is 13.7. The van der Waals surface area contributed by atoms with Gasteiger partial charge in [-0.15, -0.1) is 0 Å². The first kappa shape index (κ1) is 13.0. The summed E-state index contributed by atoms with van der Waals surface area (Å²) in [6.45, 7) is 5.05. The molecule has 18 heavy (non-hydrogen) atoms. The van der Waals surface area contributed by atoms with Crippen LogP contribution in [0.2, 0.25) is 0 Å². The van der Waals surface area contributed by atoms with Gasteiger partial charge in [-0.25, -0.2) is 4.39 Å². The minimum atomic E-state index is -0.441. The molecular formula is C14H19FN2O. The predicted octanol–water partition coefficient (Wildman–Crippen LogP) is 1.94. The molecule has 2 unspecified atom stereocenters. The molecule has 1 aliphatic heterocycles. The maximum absolute atomic E-state index is 13.7. The fourth-order valence-electron chi connectivity index (χ4n) is 2.36. The van der Waals surface area contributed by atoms with Crippen molar-refractivity contribution in [2.24, 2.45) is 11.7 Å². The smallest absolute Gasteiger partial charge is 0.256 e. The molecule has 0 aliphatic carbocycles.